The zero-order valence-electron chi connectivity index (χ0n) is 13.3. The molecule has 3 aromatic rings. The molecule has 2 aromatic carbocycles. The fraction of sp³-hybridized carbons (Fsp3) is 0.150. The van der Waals surface area contributed by atoms with Gasteiger partial charge in [-0.15, -0.1) is 0 Å². The summed E-state index contributed by atoms with van der Waals surface area (Å²) in [6.07, 6.45) is 5.74. The van der Waals surface area contributed by atoms with Crippen molar-refractivity contribution in [2.24, 2.45) is 0 Å². The highest BCUT2D eigenvalue weighted by atomic mass is 15.1. The Bertz CT molecular complexity index is 817. The van der Waals surface area contributed by atoms with Crippen LogP contribution in [-0.4, -0.2) is 9.55 Å². The van der Waals surface area contributed by atoms with Crippen LogP contribution < -0.4 is 0 Å². The molecule has 0 bridgehead atoms. The van der Waals surface area contributed by atoms with Gasteiger partial charge in [0.05, 0.1) is 5.69 Å². The van der Waals surface area contributed by atoms with Crippen molar-refractivity contribution >= 4 is 6.08 Å². The summed E-state index contributed by atoms with van der Waals surface area (Å²) in [5.41, 5.74) is 7.22. The van der Waals surface area contributed by atoms with Crippen LogP contribution in [0.4, 0.5) is 0 Å². The van der Waals surface area contributed by atoms with Gasteiger partial charge >= 0.3 is 0 Å². The molecule has 0 atom stereocenters. The molecule has 1 heterocycles. The largest absolute Gasteiger partial charge is 0.299 e. The Balaban J connectivity index is 2.19. The number of hydrogen-bond acceptors (Lipinski definition) is 1. The van der Waals surface area contributed by atoms with E-state index in [0.717, 1.165) is 17.0 Å². The first kappa shape index (κ1) is 14.3. The molecule has 2 heteroatoms. The van der Waals surface area contributed by atoms with Gasteiger partial charge in [-0.05, 0) is 43.5 Å². The lowest BCUT2D eigenvalue weighted by Crippen LogP contribution is -2.02. The van der Waals surface area contributed by atoms with E-state index in [1.54, 1.807) is 0 Å². The monoisotopic (exact) mass is 288 g/mol. The average Bonchev–Trinajstić information content (AvgIpc) is 2.95. The molecule has 0 N–H and O–H groups in total. The summed E-state index contributed by atoms with van der Waals surface area (Å²) in [5.74, 6) is 0.957. The van der Waals surface area contributed by atoms with E-state index < -0.39 is 0 Å². The molecule has 0 saturated heterocycles. The highest BCUT2D eigenvalue weighted by Gasteiger charge is 2.12. The van der Waals surface area contributed by atoms with Crippen LogP contribution in [0.3, 0.4) is 0 Å². The number of aromatic nitrogens is 2. The van der Waals surface area contributed by atoms with Gasteiger partial charge in [-0.25, -0.2) is 4.98 Å². The fourth-order valence-electron chi connectivity index (χ4n) is 3.05. The van der Waals surface area contributed by atoms with Gasteiger partial charge in [0.1, 0.15) is 5.82 Å². The van der Waals surface area contributed by atoms with Crippen molar-refractivity contribution in [2.75, 3.05) is 0 Å². The maximum absolute atomic E-state index is 4.57. The molecule has 2 nitrogen and oxygen atoms in total. The summed E-state index contributed by atoms with van der Waals surface area (Å²) >= 11 is 0. The van der Waals surface area contributed by atoms with Crippen LogP contribution in [-0.2, 0) is 0 Å². The molecule has 0 fully saturated rings. The summed E-state index contributed by atoms with van der Waals surface area (Å²) in [7, 11) is 0. The second-order valence-electron chi connectivity index (χ2n) is 5.70. The van der Waals surface area contributed by atoms with Gasteiger partial charge in [0, 0.05) is 18.0 Å². The van der Waals surface area contributed by atoms with E-state index in [1.807, 2.05) is 30.6 Å². The van der Waals surface area contributed by atoms with E-state index in [9.17, 15) is 0 Å². The normalized spacial score (nSPS) is 10.7. The van der Waals surface area contributed by atoms with Gasteiger partial charge < -0.3 is 0 Å². The van der Waals surface area contributed by atoms with Crippen LogP contribution in [0.2, 0.25) is 0 Å². The molecule has 0 amide bonds. The van der Waals surface area contributed by atoms with Gasteiger partial charge in [0.25, 0.3) is 0 Å². The molecular weight excluding hydrogens is 268 g/mol. The number of imidazole rings is 1. The molecule has 110 valence electrons. The Labute approximate surface area is 131 Å². The van der Waals surface area contributed by atoms with Crippen LogP contribution in [0, 0.1) is 20.8 Å². The minimum Gasteiger partial charge on any atom is -0.299 e. The third-order valence-corrected chi connectivity index (χ3v) is 3.90. The molecule has 1 aromatic heterocycles. The van der Waals surface area contributed by atoms with E-state index >= 15 is 0 Å². The second kappa shape index (κ2) is 5.64. The summed E-state index contributed by atoms with van der Waals surface area (Å²) in [6, 6.07) is 12.7. The lowest BCUT2D eigenvalue weighted by molar-refractivity contribution is 1.03. The maximum Gasteiger partial charge on any atom is 0.144 e. The lowest BCUT2D eigenvalue weighted by atomic mass is 10.0. The van der Waals surface area contributed by atoms with Crippen molar-refractivity contribution in [3.05, 3.63) is 77.6 Å². The third-order valence-electron chi connectivity index (χ3n) is 3.90. The molecule has 0 radical (unpaired) electrons. The quantitative estimate of drug-likeness (QED) is 0.655. The van der Waals surface area contributed by atoms with Crippen LogP contribution in [0.15, 0.2) is 55.4 Å². The lowest BCUT2D eigenvalue weighted by Gasteiger charge is -2.15. The summed E-state index contributed by atoms with van der Waals surface area (Å²) < 4.78 is 2.17. The molecule has 0 aliphatic carbocycles. The minimum absolute atomic E-state index is 0.957. The molecule has 3 rings (SSSR count). The van der Waals surface area contributed by atoms with Gasteiger partial charge in [0.15, 0.2) is 0 Å². The first-order valence-corrected chi connectivity index (χ1v) is 7.44. The van der Waals surface area contributed by atoms with Crippen molar-refractivity contribution in [2.45, 2.75) is 20.8 Å². The molecule has 0 spiro atoms. The fourth-order valence-corrected chi connectivity index (χ4v) is 3.05. The highest BCUT2D eigenvalue weighted by Crippen LogP contribution is 2.27. The Morgan fingerprint density at radius 3 is 2.45 bits per heavy atom. The van der Waals surface area contributed by atoms with Crippen molar-refractivity contribution in [1.29, 1.82) is 0 Å². The SMILES string of the molecule is C=Cc1cccc(-c2nccn2-c2c(C)cc(C)cc2C)c1. The zero-order chi connectivity index (χ0) is 15.7. The summed E-state index contributed by atoms with van der Waals surface area (Å²) in [5, 5.41) is 0. The van der Waals surface area contributed by atoms with Crippen LogP contribution in [0.1, 0.15) is 22.3 Å². The Kier molecular flexibility index (Phi) is 3.68. The van der Waals surface area contributed by atoms with Crippen molar-refractivity contribution in [1.82, 2.24) is 9.55 Å². The average molecular weight is 288 g/mol. The molecule has 0 aliphatic rings. The second-order valence-corrected chi connectivity index (χ2v) is 5.70. The third kappa shape index (κ3) is 2.48. The van der Waals surface area contributed by atoms with E-state index in [0.29, 0.717) is 0 Å². The summed E-state index contributed by atoms with van der Waals surface area (Å²) in [4.78, 5) is 4.57. The summed E-state index contributed by atoms with van der Waals surface area (Å²) in [6.45, 7) is 10.3. The Hall–Kier alpha value is -2.61. The number of nitrogens with zero attached hydrogens (tertiary/aromatic N) is 2. The van der Waals surface area contributed by atoms with Gasteiger partial charge in [0.2, 0.25) is 0 Å². The van der Waals surface area contributed by atoms with Gasteiger partial charge in [-0.1, -0.05) is 48.6 Å². The number of aryl methyl sites for hydroxylation is 3. The minimum atomic E-state index is 0.957. The van der Waals surface area contributed by atoms with E-state index in [1.165, 1.54) is 22.4 Å². The van der Waals surface area contributed by atoms with Crippen molar-refractivity contribution < 1.29 is 0 Å². The zero-order valence-corrected chi connectivity index (χ0v) is 13.3. The van der Waals surface area contributed by atoms with Gasteiger partial charge in [-0.2, -0.15) is 0 Å². The molecule has 0 saturated carbocycles. The first-order chi connectivity index (χ1) is 10.6. The van der Waals surface area contributed by atoms with Crippen LogP contribution >= 0.6 is 0 Å². The first-order valence-electron chi connectivity index (χ1n) is 7.44. The standard InChI is InChI=1S/C20H20N2/c1-5-17-7-6-8-18(13-17)20-21-9-10-22(20)19-15(3)11-14(2)12-16(19)4/h5-13H,1H2,2-4H3. The Morgan fingerprint density at radius 2 is 1.77 bits per heavy atom. The number of benzene rings is 2. The van der Waals surface area contributed by atoms with Crippen LogP contribution in [0.25, 0.3) is 23.2 Å². The predicted octanol–water partition coefficient (Wildman–Crippen LogP) is 5.11. The number of rotatable bonds is 3. The predicted molar refractivity (Wildman–Crippen MR) is 93.3 cm³/mol. The molecule has 0 unspecified atom stereocenters. The van der Waals surface area contributed by atoms with Crippen molar-refractivity contribution in [3.63, 3.8) is 0 Å². The van der Waals surface area contributed by atoms with E-state index in [-0.39, 0.29) is 0 Å². The maximum atomic E-state index is 4.57. The molecule has 0 aliphatic heterocycles. The van der Waals surface area contributed by atoms with E-state index in [4.69, 9.17) is 0 Å². The smallest absolute Gasteiger partial charge is 0.144 e. The number of hydrogen-bond donors (Lipinski definition) is 0. The Morgan fingerprint density at radius 1 is 1.05 bits per heavy atom. The topological polar surface area (TPSA) is 17.8 Å². The van der Waals surface area contributed by atoms with Crippen LogP contribution in [0.5, 0.6) is 0 Å². The van der Waals surface area contributed by atoms with E-state index in [2.05, 4.69) is 61.2 Å². The molecular formula is C20H20N2. The highest BCUT2D eigenvalue weighted by molar-refractivity contribution is 5.65. The molecule has 22 heavy (non-hydrogen) atoms. The van der Waals surface area contributed by atoms with Crippen molar-refractivity contribution in [3.8, 4) is 17.1 Å². The van der Waals surface area contributed by atoms with Gasteiger partial charge in [-0.3, -0.25) is 4.57 Å².